The van der Waals surface area contributed by atoms with Crippen LogP contribution < -0.4 is 5.32 Å². The minimum atomic E-state index is -0.167. The van der Waals surface area contributed by atoms with Crippen molar-refractivity contribution in [3.63, 3.8) is 0 Å². The number of nitrogens with one attached hydrogen (secondary N) is 1. The zero-order valence-electron chi connectivity index (χ0n) is 13.1. The molecule has 118 valence electrons. The van der Waals surface area contributed by atoms with Gasteiger partial charge in [-0.05, 0) is 43.5 Å². The van der Waals surface area contributed by atoms with Crippen LogP contribution in [-0.4, -0.2) is 42.3 Å². The van der Waals surface area contributed by atoms with E-state index in [-0.39, 0.29) is 6.10 Å². The number of aliphatic hydroxyl groups is 1. The Labute approximate surface area is 136 Å². The first kappa shape index (κ1) is 16.9. The number of hydrogen-bond acceptors (Lipinski definition) is 3. The molecule has 21 heavy (non-hydrogen) atoms. The maximum absolute atomic E-state index is 10.0. The van der Waals surface area contributed by atoms with Crippen LogP contribution in [-0.2, 0) is 0 Å². The molecule has 1 heterocycles. The molecule has 4 heteroatoms. The molecule has 1 aliphatic rings. The summed E-state index contributed by atoms with van der Waals surface area (Å²) in [5, 5.41) is 13.6. The second kappa shape index (κ2) is 8.28. The third kappa shape index (κ3) is 4.78. The van der Waals surface area contributed by atoms with E-state index in [1.807, 2.05) is 0 Å². The van der Waals surface area contributed by atoms with E-state index in [0.717, 1.165) is 39.0 Å². The number of likely N-dealkylation sites (tertiary alicyclic amines) is 1. The molecule has 1 fully saturated rings. The third-order valence-corrected chi connectivity index (χ3v) is 5.19. The summed E-state index contributed by atoms with van der Waals surface area (Å²) in [5.41, 5.74) is 1.32. The van der Waals surface area contributed by atoms with E-state index >= 15 is 0 Å². The van der Waals surface area contributed by atoms with Gasteiger partial charge in [-0.15, -0.1) is 0 Å². The number of piperidine rings is 1. The van der Waals surface area contributed by atoms with Gasteiger partial charge in [0.15, 0.2) is 0 Å². The Hall–Kier alpha value is -0.420. The summed E-state index contributed by atoms with van der Waals surface area (Å²) in [6.07, 6.45) is 2.00. The lowest BCUT2D eigenvalue weighted by Crippen LogP contribution is -2.43. The van der Waals surface area contributed by atoms with Gasteiger partial charge in [0.1, 0.15) is 0 Å². The van der Waals surface area contributed by atoms with Crippen molar-refractivity contribution in [1.82, 2.24) is 10.2 Å². The summed E-state index contributed by atoms with van der Waals surface area (Å²) < 4.78 is 1.17. The smallest absolute Gasteiger partial charge is 0.0693 e. The van der Waals surface area contributed by atoms with E-state index in [1.54, 1.807) is 0 Å². The first-order chi connectivity index (χ1) is 10.1. The fourth-order valence-corrected chi connectivity index (χ4v) is 3.56. The molecule has 2 N–H and O–H groups in total. The Morgan fingerprint density at radius 1 is 1.43 bits per heavy atom. The number of β-amino-alcohol motifs (C(OH)–C–C–N with tert-alkyl or cyclic N) is 1. The predicted octanol–water partition coefficient (Wildman–Crippen LogP) is 3.19. The van der Waals surface area contributed by atoms with Gasteiger partial charge in [-0.25, -0.2) is 0 Å². The molecular weight excluding hydrogens is 328 g/mol. The highest BCUT2D eigenvalue weighted by Gasteiger charge is 2.24. The van der Waals surface area contributed by atoms with Crippen LogP contribution >= 0.6 is 15.9 Å². The SMILES string of the molecule is CCNC(CCN1CCC(C)C(O)C1)c1ccccc1Br. The molecule has 1 aliphatic heterocycles. The minimum absolute atomic E-state index is 0.167. The fourth-order valence-electron chi connectivity index (χ4n) is 3.00. The van der Waals surface area contributed by atoms with Crippen molar-refractivity contribution in [1.29, 1.82) is 0 Å². The van der Waals surface area contributed by atoms with Gasteiger partial charge < -0.3 is 15.3 Å². The van der Waals surface area contributed by atoms with E-state index in [0.29, 0.717) is 12.0 Å². The lowest BCUT2D eigenvalue weighted by Gasteiger charge is -2.35. The topological polar surface area (TPSA) is 35.5 Å². The van der Waals surface area contributed by atoms with Crippen molar-refractivity contribution < 1.29 is 5.11 Å². The predicted molar refractivity (Wildman–Crippen MR) is 91.4 cm³/mol. The van der Waals surface area contributed by atoms with Crippen molar-refractivity contribution in [2.75, 3.05) is 26.2 Å². The number of aliphatic hydroxyl groups excluding tert-OH is 1. The summed E-state index contributed by atoms with van der Waals surface area (Å²) in [7, 11) is 0. The monoisotopic (exact) mass is 354 g/mol. The van der Waals surface area contributed by atoms with E-state index in [4.69, 9.17) is 0 Å². The third-order valence-electron chi connectivity index (χ3n) is 4.47. The fraction of sp³-hybridized carbons (Fsp3) is 0.647. The largest absolute Gasteiger partial charge is 0.392 e. The van der Waals surface area contributed by atoms with Crippen LogP contribution in [0.2, 0.25) is 0 Å². The van der Waals surface area contributed by atoms with E-state index in [9.17, 15) is 5.11 Å². The van der Waals surface area contributed by atoms with Crippen LogP contribution in [0.1, 0.15) is 38.3 Å². The van der Waals surface area contributed by atoms with E-state index in [1.165, 1.54) is 10.0 Å². The second-order valence-corrected chi connectivity index (χ2v) is 6.91. The molecule has 1 aromatic carbocycles. The number of nitrogens with zero attached hydrogens (tertiary/aromatic N) is 1. The summed E-state index contributed by atoms with van der Waals surface area (Å²) in [5.74, 6) is 0.439. The van der Waals surface area contributed by atoms with Gasteiger partial charge in [-0.3, -0.25) is 0 Å². The average Bonchev–Trinajstić information content (AvgIpc) is 2.48. The molecule has 0 aromatic heterocycles. The van der Waals surface area contributed by atoms with Gasteiger partial charge in [-0.1, -0.05) is 48.0 Å². The highest BCUT2D eigenvalue weighted by molar-refractivity contribution is 9.10. The van der Waals surface area contributed by atoms with Crippen molar-refractivity contribution >= 4 is 15.9 Å². The van der Waals surface area contributed by atoms with Crippen LogP contribution in [0.3, 0.4) is 0 Å². The van der Waals surface area contributed by atoms with Gasteiger partial charge in [0, 0.05) is 23.6 Å². The van der Waals surface area contributed by atoms with Gasteiger partial charge in [0.2, 0.25) is 0 Å². The quantitative estimate of drug-likeness (QED) is 0.823. The molecule has 3 atom stereocenters. The first-order valence-electron chi connectivity index (χ1n) is 8.00. The minimum Gasteiger partial charge on any atom is -0.392 e. The average molecular weight is 355 g/mol. The van der Waals surface area contributed by atoms with Crippen molar-refractivity contribution in [3.8, 4) is 0 Å². The molecule has 0 saturated carbocycles. The molecule has 0 bridgehead atoms. The van der Waals surface area contributed by atoms with Crippen molar-refractivity contribution in [3.05, 3.63) is 34.3 Å². The Kier molecular flexibility index (Phi) is 6.68. The molecule has 3 nitrogen and oxygen atoms in total. The first-order valence-corrected chi connectivity index (χ1v) is 8.79. The van der Waals surface area contributed by atoms with E-state index < -0.39 is 0 Å². The zero-order chi connectivity index (χ0) is 15.2. The van der Waals surface area contributed by atoms with Crippen LogP contribution in [0.15, 0.2) is 28.7 Å². The summed E-state index contributed by atoms with van der Waals surface area (Å²) in [6.45, 7) is 8.21. The van der Waals surface area contributed by atoms with Gasteiger partial charge in [0.05, 0.1) is 6.10 Å². The second-order valence-electron chi connectivity index (χ2n) is 6.05. The molecule has 0 spiro atoms. The van der Waals surface area contributed by atoms with Gasteiger partial charge >= 0.3 is 0 Å². The van der Waals surface area contributed by atoms with Crippen molar-refractivity contribution in [2.45, 2.75) is 38.8 Å². The van der Waals surface area contributed by atoms with Gasteiger partial charge in [-0.2, -0.15) is 0 Å². The number of halogens is 1. The Balaban J connectivity index is 1.93. The van der Waals surface area contributed by atoms with Crippen LogP contribution in [0.25, 0.3) is 0 Å². The number of rotatable bonds is 6. The Morgan fingerprint density at radius 2 is 2.19 bits per heavy atom. The molecular formula is C17H27BrN2O. The van der Waals surface area contributed by atoms with Gasteiger partial charge in [0.25, 0.3) is 0 Å². The molecule has 0 aliphatic carbocycles. The van der Waals surface area contributed by atoms with Crippen LogP contribution in [0, 0.1) is 5.92 Å². The molecule has 0 radical (unpaired) electrons. The Bertz CT molecular complexity index is 441. The number of benzene rings is 1. The molecule has 0 amide bonds. The summed E-state index contributed by atoms with van der Waals surface area (Å²) in [4.78, 5) is 2.39. The van der Waals surface area contributed by atoms with Crippen LogP contribution in [0.4, 0.5) is 0 Å². The molecule has 3 unspecified atom stereocenters. The molecule has 2 rings (SSSR count). The standard InChI is InChI=1S/C17H27BrN2O/c1-3-19-16(14-6-4-5-7-15(14)18)9-11-20-10-8-13(2)17(21)12-20/h4-7,13,16-17,19,21H,3,8-12H2,1-2H3. The maximum atomic E-state index is 10.0. The lowest BCUT2D eigenvalue weighted by atomic mass is 9.95. The summed E-state index contributed by atoms with van der Waals surface area (Å²) >= 11 is 3.66. The lowest BCUT2D eigenvalue weighted by molar-refractivity contribution is 0.0278. The highest BCUT2D eigenvalue weighted by Crippen LogP contribution is 2.26. The zero-order valence-corrected chi connectivity index (χ0v) is 14.6. The molecule has 1 saturated heterocycles. The van der Waals surface area contributed by atoms with Crippen molar-refractivity contribution in [2.24, 2.45) is 5.92 Å². The normalized spacial score (nSPS) is 25.0. The maximum Gasteiger partial charge on any atom is 0.0693 e. The van der Waals surface area contributed by atoms with E-state index in [2.05, 4.69) is 64.3 Å². The molecule has 1 aromatic rings. The Morgan fingerprint density at radius 3 is 2.86 bits per heavy atom. The number of hydrogen-bond donors (Lipinski definition) is 2. The summed E-state index contributed by atoms with van der Waals surface area (Å²) in [6, 6.07) is 8.80. The van der Waals surface area contributed by atoms with Crippen LogP contribution in [0.5, 0.6) is 0 Å². The highest BCUT2D eigenvalue weighted by atomic mass is 79.9.